The summed E-state index contributed by atoms with van der Waals surface area (Å²) in [7, 11) is 0. The molecular formula is C8H13NO2. The van der Waals surface area contributed by atoms with Gasteiger partial charge in [-0.2, -0.15) is 0 Å². The fourth-order valence-corrected chi connectivity index (χ4v) is 1.15. The van der Waals surface area contributed by atoms with Crippen LogP contribution in [0.15, 0.2) is 12.7 Å². The number of rotatable bonds is 4. The third-order valence-corrected chi connectivity index (χ3v) is 1.87. The van der Waals surface area contributed by atoms with Crippen LogP contribution in [-0.2, 0) is 4.74 Å². The molecule has 0 saturated heterocycles. The van der Waals surface area contributed by atoms with Gasteiger partial charge in [0.15, 0.2) is 0 Å². The number of nitrogens with two attached hydrogens (primary N) is 1. The van der Waals surface area contributed by atoms with Gasteiger partial charge in [0.1, 0.15) is 6.10 Å². The van der Waals surface area contributed by atoms with E-state index >= 15 is 0 Å². The van der Waals surface area contributed by atoms with E-state index in [0.29, 0.717) is 5.92 Å². The number of carbonyl (C=O) groups is 1. The third kappa shape index (κ3) is 2.62. The van der Waals surface area contributed by atoms with Crippen molar-refractivity contribution in [1.29, 1.82) is 0 Å². The molecule has 0 aromatic rings. The summed E-state index contributed by atoms with van der Waals surface area (Å²) < 4.78 is 4.78. The quantitative estimate of drug-likeness (QED) is 0.624. The molecule has 0 aromatic carbocycles. The molecule has 3 heteroatoms. The Balaban J connectivity index is 2.06. The lowest BCUT2D eigenvalue weighted by molar-refractivity contribution is 0.143. The Bertz CT molecular complexity index is 167. The van der Waals surface area contributed by atoms with Crippen molar-refractivity contribution < 1.29 is 9.53 Å². The number of carbonyl (C=O) groups excluding carboxylic acids is 1. The molecule has 1 amide bonds. The maximum absolute atomic E-state index is 10.2. The predicted octanol–water partition coefficient (Wildman–Crippen LogP) is 1.44. The van der Waals surface area contributed by atoms with Gasteiger partial charge in [-0.25, -0.2) is 4.79 Å². The highest BCUT2D eigenvalue weighted by Gasteiger charge is 2.39. The van der Waals surface area contributed by atoms with Gasteiger partial charge in [-0.15, -0.1) is 6.58 Å². The normalized spacial score (nSPS) is 27.6. The van der Waals surface area contributed by atoms with E-state index in [1.165, 1.54) is 0 Å². The monoisotopic (exact) mass is 155 g/mol. The molecule has 2 unspecified atom stereocenters. The van der Waals surface area contributed by atoms with Gasteiger partial charge in [0, 0.05) is 0 Å². The average Bonchev–Trinajstić information content (AvgIpc) is 2.62. The van der Waals surface area contributed by atoms with Gasteiger partial charge in [0.2, 0.25) is 0 Å². The van der Waals surface area contributed by atoms with Crippen LogP contribution in [0.5, 0.6) is 0 Å². The molecule has 0 aliphatic heterocycles. The van der Waals surface area contributed by atoms with Crippen LogP contribution in [0.1, 0.15) is 19.3 Å². The highest BCUT2D eigenvalue weighted by atomic mass is 16.6. The summed E-state index contributed by atoms with van der Waals surface area (Å²) in [5.74, 6) is 0.528. The summed E-state index contributed by atoms with van der Waals surface area (Å²) in [6.07, 6.45) is 4.32. The van der Waals surface area contributed by atoms with Gasteiger partial charge in [-0.3, -0.25) is 0 Å². The van der Waals surface area contributed by atoms with E-state index in [4.69, 9.17) is 10.5 Å². The first-order valence-electron chi connectivity index (χ1n) is 3.81. The molecular weight excluding hydrogens is 142 g/mol. The van der Waals surface area contributed by atoms with Crippen LogP contribution in [0.4, 0.5) is 4.79 Å². The minimum absolute atomic E-state index is 0.0902. The Hall–Kier alpha value is -0.990. The molecule has 3 nitrogen and oxygen atoms in total. The topological polar surface area (TPSA) is 52.3 Å². The zero-order valence-corrected chi connectivity index (χ0v) is 6.45. The van der Waals surface area contributed by atoms with E-state index < -0.39 is 6.09 Å². The first-order valence-corrected chi connectivity index (χ1v) is 3.81. The van der Waals surface area contributed by atoms with E-state index in [0.717, 1.165) is 19.3 Å². The maximum Gasteiger partial charge on any atom is 0.404 e. The van der Waals surface area contributed by atoms with E-state index in [-0.39, 0.29) is 6.10 Å². The van der Waals surface area contributed by atoms with Gasteiger partial charge in [-0.1, -0.05) is 6.08 Å². The Kier molecular flexibility index (Phi) is 2.52. The summed E-state index contributed by atoms with van der Waals surface area (Å²) >= 11 is 0. The van der Waals surface area contributed by atoms with Crippen LogP contribution in [-0.4, -0.2) is 12.2 Å². The van der Waals surface area contributed by atoms with Crippen LogP contribution in [0.25, 0.3) is 0 Å². The lowest BCUT2D eigenvalue weighted by Gasteiger charge is -1.97. The van der Waals surface area contributed by atoms with Crippen molar-refractivity contribution in [2.45, 2.75) is 25.4 Å². The molecule has 0 radical (unpaired) electrons. The third-order valence-electron chi connectivity index (χ3n) is 1.87. The lowest BCUT2D eigenvalue weighted by Crippen LogP contribution is -2.15. The zero-order valence-electron chi connectivity index (χ0n) is 6.45. The van der Waals surface area contributed by atoms with Gasteiger partial charge in [0.05, 0.1) is 0 Å². The molecule has 0 bridgehead atoms. The van der Waals surface area contributed by atoms with E-state index in [9.17, 15) is 4.79 Å². The smallest absolute Gasteiger partial charge is 0.404 e. The summed E-state index contributed by atoms with van der Waals surface area (Å²) in [4.78, 5) is 10.2. The molecule has 1 saturated carbocycles. The van der Waals surface area contributed by atoms with E-state index in [1.807, 2.05) is 6.08 Å². The summed E-state index contributed by atoms with van der Waals surface area (Å²) in [5, 5.41) is 0. The predicted molar refractivity (Wildman–Crippen MR) is 42.0 cm³/mol. The molecule has 1 rings (SSSR count). The summed E-state index contributed by atoms with van der Waals surface area (Å²) in [6, 6.07) is 0. The molecule has 2 N–H and O–H groups in total. The molecule has 0 aromatic heterocycles. The SMILES string of the molecule is C=CCCC1CC1OC(N)=O. The maximum atomic E-state index is 10.2. The van der Waals surface area contributed by atoms with Gasteiger partial charge in [0.25, 0.3) is 0 Å². The summed E-state index contributed by atoms with van der Waals surface area (Å²) in [5.41, 5.74) is 4.84. The van der Waals surface area contributed by atoms with Crippen LogP contribution in [0.2, 0.25) is 0 Å². The number of hydrogen-bond donors (Lipinski definition) is 1. The van der Waals surface area contributed by atoms with Crippen molar-refractivity contribution >= 4 is 6.09 Å². The van der Waals surface area contributed by atoms with Crippen molar-refractivity contribution in [1.82, 2.24) is 0 Å². The van der Waals surface area contributed by atoms with Gasteiger partial charge < -0.3 is 10.5 Å². The zero-order chi connectivity index (χ0) is 8.27. The number of hydrogen-bond acceptors (Lipinski definition) is 2. The molecule has 1 fully saturated rings. The molecule has 2 atom stereocenters. The molecule has 1 aliphatic carbocycles. The number of amides is 1. The Morgan fingerprint density at radius 1 is 1.82 bits per heavy atom. The van der Waals surface area contributed by atoms with Crippen LogP contribution in [0, 0.1) is 5.92 Å². The second kappa shape index (κ2) is 3.42. The second-order valence-corrected chi connectivity index (χ2v) is 2.84. The first kappa shape index (κ1) is 8.11. The molecule has 11 heavy (non-hydrogen) atoms. The van der Waals surface area contributed by atoms with Crippen molar-refractivity contribution in [3.05, 3.63) is 12.7 Å². The minimum Gasteiger partial charge on any atom is -0.446 e. The van der Waals surface area contributed by atoms with Crippen LogP contribution >= 0.6 is 0 Å². The molecule has 0 heterocycles. The van der Waals surface area contributed by atoms with Gasteiger partial charge in [-0.05, 0) is 25.2 Å². The van der Waals surface area contributed by atoms with E-state index in [1.54, 1.807) is 0 Å². The van der Waals surface area contributed by atoms with Crippen molar-refractivity contribution in [3.63, 3.8) is 0 Å². The Morgan fingerprint density at radius 3 is 3.09 bits per heavy atom. The van der Waals surface area contributed by atoms with Crippen LogP contribution in [0.3, 0.4) is 0 Å². The Morgan fingerprint density at radius 2 is 2.55 bits per heavy atom. The second-order valence-electron chi connectivity index (χ2n) is 2.84. The largest absolute Gasteiger partial charge is 0.446 e. The highest BCUT2D eigenvalue weighted by Crippen LogP contribution is 2.37. The number of primary amides is 1. The number of ether oxygens (including phenoxy) is 1. The van der Waals surface area contributed by atoms with Crippen molar-refractivity contribution in [2.24, 2.45) is 11.7 Å². The molecule has 0 spiro atoms. The fourth-order valence-electron chi connectivity index (χ4n) is 1.15. The standard InChI is InChI=1S/C8H13NO2/c1-2-3-4-6-5-7(6)11-8(9)10/h2,6-7H,1,3-5H2,(H2,9,10). The molecule has 62 valence electrons. The van der Waals surface area contributed by atoms with Crippen LogP contribution < -0.4 is 5.73 Å². The van der Waals surface area contributed by atoms with Crippen molar-refractivity contribution in [2.75, 3.05) is 0 Å². The molecule has 1 aliphatic rings. The summed E-state index contributed by atoms with van der Waals surface area (Å²) in [6.45, 7) is 3.61. The minimum atomic E-state index is -0.656. The first-order chi connectivity index (χ1) is 5.24. The van der Waals surface area contributed by atoms with Gasteiger partial charge >= 0.3 is 6.09 Å². The average molecular weight is 155 g/mol. The van der Waals surface area contributed by atoms with Crippen molar-refractivity contribution in [3.8, 4) is 0 Å². The lowest BCUT2D eigenvalue weighted by atomic mass is 10.2. The Labute approximate surface area is 66.2 Å². The van der Waals surface area contributed by atoms with E-state index in [2.05, 4.69) is 6.58 Å². The highest BCUT2D eigenvalue weighted by molar-refractivity contribution is 5.65. The number of allylic oxidation sites excluding steroid dienone is 1. The fraction of sp³-hybridized carbons (Fsp3) is 0.625.